The van der Waals surface area contributed by atoms with Gasteiger partial charge in [-0.1, -0.05) is 12.1 Å². The SMILES string of the molecule is CCOC(=O)CCc1cn(Cc2ccc(OCc3nc(-c4ccco4)oc3C)cc2)nc1OCC. The minimum atomic E-state index is -0.226. The lowest BCUT2D eigenvalue weighted by atomic mass is 10.2. The van der Waals surface area contributed by atoms with Crippen LogP contribution >= 0.6 is 0 Å². The van der Waals surface area contributed by atoms with Crippen LogP contribution in [0, 0.1) is 6.92 Å². The quantitative estimate of drug-likeness (QED) is 0.263. The highest BCUT2D eigenvalue weighted by molar-refractivity contribution is 5.69. The first-order chi connectivity index (χ1) is 17.1. The van der Waals surface area contributed by atoms with Gasteiger partial charge in [0.05, 0.1) is 26.0 Å². The van der Waals surface area contributed by atoms with Crippen LogP contribution < -0.4 is 9.47 Å². The van der Waals surface area contributed by atoms with Crippen LogP contribution in [0.1, 0.15) is 42.8 Å². The lowest BCUT2D eigenvalue weighted by Gasteiger charge is -2.06. The molecule has 0 aliphatic heterocycles. The Hall–Kier alpha value is -4.01. The van der Waals surface area contributed by atoms with Crippen LogP contribution in [-0.2, 0) is 29.1 Å². The molecule has 0 aliphatic carbocycles. The number of benzene rings is 1. The molecule has 0 saturated heterocycles. The van der Waals surface area contributed by atoms with Crippen LogP contribution in [0.5, 0.6) is 11.6 Å². The molecule has 184 valence electrons. The van der Waals surface area contributed by atoms with Crippen molar-refractivity contribution in [1.29, 1.82) is 0 Å². The number of oxazole rings is 1. The Morgan fingerprint density at radius 3 is 2.63 bits per heavy atom. The molecular formula is C26H29N3O6. The molecule has 3 heterocycles. The summed E-state index contributed by atoms with van der Waals surface area (Å²) in [5.74, 6) is 2.76. The van der Waals surface area contributed by atoms with Crippen molar-refractivity contribution in [3.05, 3.63) is 71.4 Å². The second kappa shape index (κ2) is 11.4. The van der Waals surface area contributed by atoms with Gasteiger partial charge in [0.25, 0.3) is 5.89 Å². The summed E-state index contributed by atoms with van der Waals surface area (Å²) in [4.78, 5) is 16.2. The van der Waals surface area contributed by atoms with Crippen molar-refractivity contribution in [3.8, 4) is 23.3 Å². The van der Waals surface area contributed by atoms with E-state index in [-0.39, 0.29) is 12.6 Å². The normalized spacial score (nSPS) is 10.9. The highest BCUT2D eigenvalue weighted by Gasteiger charge is 2.15. The van der Waals surface area contributed by atoms with E-state index in [1.165, 1.54) is 0 Å². The summed E-state index contributed by atoms with van der Waals surface area (Å²) >= 11 is 0. The van der Waals surface area contributed by atoms with E-state index in [4.69, 9.17) is 23.0 Å². The molecule has 0 aliphatic rings. The van der Waals surface area contributed by atoms with Crippen LogP contribution in [0.15, 0.2) is 57.7 Å². The van der Waals surface area contributed by atoms with Crippen LogP contribution in [0.3, 0.4) is 0 Å². The maximum Gasteiger partial charge on any atom is 0.306 e. The van der Waals surface area contributed by atoms with Gasteiger partial charge < -0.3 is 23.0 Å². The first-order valence-corrected chi connectivity index (χ1v) is 11.6. The molecule has 35 heavy (non-hydrogen) atoms. The van der Waals surface area contributed by atoms with Crippen molar-refractivity contribution in [1.82, 2.24) is 14.8 Å². The Morgan fingerprint density at radius 2 is 1.91 bits per heavy atom. The number of hydrogen-bond acceptors (Lipinski definition) is 8. The molecule has 0 unspecified atom stereocenters. The number of furan rings is 1. The molecule has 0 spiro atoms. The Kier molecular flexibility index (Phi) is 7.87. The topological polar surface area (TPSA) is 102 Å². The smallest absolute Gasteiger partial charge is 0.306 e. The largest absolute Gasteiger partial charge is 0.487 e. The number of rotatable bonds is 12. The summed E-state index contributed by atoms with van der Waals surface area (Å²) < 4.78 is 29.4. The van der Waals surface area contributed by atoms with Gasteiger partial charge in [-0.25, -0.2) is 4.98 Å². The average Bonchev–Trinajstić information content (AvgIpc) is 3.59. The van der Waals surface area contributed by atoms with Crippen LogP contribution in [0.2, 0.25) is 0 Å². The number of hydrogen-bond donors (Lipinski definition) is 0. The van der Waals surface area contributed by atoms with E-state index in [0.29, 0.717) is 55.9 Å². The number of esters is 1. The number of ether oxygens (including phenoxy) is 3. The van der Waals surface area contributed by atoms with Crippen molar-refractivity contribution in [2.45, 2.75) is 46.8 Å². The van der Waals surface area contributed by atoms with Gasteiger partial charge in [-0.2, -0.15) is 0 Å². The van der Waals surface area contributed by atoms with E-state index in [9.17, 15) is 4.79 Å². The van der Waals surface area contributed by atoms with Crippen LogP contribution in [0.25, 0.3) is 11.7 Å². The summed E-state index contributed by atoms with van der Waals surface area (Å²) in [6.07, 6.45) is 4.31. The number of carbonyl (C=O) groups is 1. The average molecular weight is 480 g/mol. The highest BCUT2D eigenvalue weighted by Crippen LogP contribution is 2.24. The maximum absolute atomic E-state index is 11.7. The molecule has 0 N–H and O–H groups in total. The van der Waals surface area contributed by atoms with Gasteiger partial charge in [-0.05, 0) is 57.0 Å². The van der Waals surface area contributed by atoms with Gasteiger partial charge in [0.2, 0.25) is 5.88 Å². The molecule has 0 bridgehead atoms. The second-order valence-corrected chi connectivity index (χ2v) is 7.83. The predicted molar refractivity (Wildman–Crippen MR) is 127 cm³/mol. The standard InChI is InChI=1S/C26H29N3O6/c1-4-31-24(30)13-10-20-16-29(28-25(20)32-5-2)15-19-8-11-21(12-9-19)34-17-22-18(3)35-26(27-22)23-7-6-14-33-23/h6-9,11-12,14,16H,4-5,10,13,15,17H2,1-3H3. The van der Waals surface area contributed by atoms with Gasteiger partial charge in [0.15, 0.2) is 5.76 Å². The zero-order valence-electron chi connectivity index (χ0n) is 20.2. The fourth-order valence-corrected chi connectivity index (χ4v) is 3.52. The zero-order chi connectivity index (χ0) is 24.6. The molecule has 4 rings (SSSR count). The Morgan fingerprint density at radius 1 is 1.09 bits per heavy atom. The van der Waals surface area contributed by atoms with Crippen LogP contribution in [0.4, 0.5) is 0 Å². The number of aryl methyl sites for hydroxylation is 2. The third kappa shape index (κ3) is 6.32. The van der Waals surface area contributed by atoms with Crippen molar-refractivity contribution >= 4 is 5.97 Å². The summed E-state index contributed by atoms with van der Waals surface area (Å²) in [5.41, 5.74) is 2.66. The van der Waals surface area contributed by atoms with Crippen LogP contribution in [-0.4, -0.2) is 33.9 Å². The first kappa shape index (κ1) is 24.1. The van der Waals surface area contributed by atoms with Gasteiger partial charge in [0.1, 0.15) is 23.8 Å². The number of aromatic nitrogens is 3. The van der Waals surface area contributed by atoms with Crippen molar-refractivity contribution < 1.29 is 27.8 Å². The first-order valence-electron chi connectivity index (χ1n) is 11.6. The number of nitrogens with zero attached hydrogens (tertiary/aromatic N) is 3. The Balaban J connectivity index is 1.35. The minimum absolute atomic E-state index is 0.226. The fourth-order valence-electron chi connectivity index (χ4n) is 3.52. The zero-order valence-corrected chi connectivity index (χ0v) is 20.2. The second-order valence-electron chi connectivity index (χ2n) is 7.83. The predicted octanol–water partition coefficient (Wildman–Crippen LogP) is 4.96. The molecule has 0 fully saturated rings. The van der Waals surface area contributed by atoms with Gasteiger partial charge in [-0.3, -0.25) is 9.48 Å². The molecule has 0 amide bonds. The maximum atomic E-state index is 11.7. The molecule has 9 nitrogen and oxygen atoms in total. The molecule has 0 saturated carbocycles. The fraction of sp³-hybridized carbons (Fsp3) is 0.346. The van der Waals surface area contributed by atoms with E-state index in [0.717, 1.165) is 22.6 Å². The van der Waals surface area contributed by atoms with Gasteiger partial charge in [-0.15, -0.1) is 5.10 Å². The molecule has 4 aromatic rings. The van der Waals surface area contributed by atoms with Gasteiger partial charge in [0, 0.05) is 18.2 Å². The lowest BCUT2D eigenvalue weighted by molar-refractivity contribution is -0.143. The molecule has 3 aromatic heterocycles. The van der Waals surface area contributed by atoms with Gasteiger partial charge >= 0.3 is 5.97 Å². The third-order valence-electron chi connectivity index (χ3n) is 5.25. The Bertz CT molecular complexity index is 1220. The van der Waals surface area contributed by atoms with Crippen molar-refractivity contribution in [3.63, 3.8) is 0 Å². The minimum Gasteiger partial charge on any atom is -0.487 e. The van der Waals surface area contributed by atoms with E-state index in [1.54, 1.807) is 25.3 Å². The van der Waals surface area contributed by atoms with E-state index in [2.05, 4.69) is 10.1 Å². The molecule has 9 heteroatoms. The molecule has 1 aromatic carbocycles. The third-order valence-corrected chi connectivity index (χ3v) is 5.25. The number of carbonyl (C=O) groups excluding carboxylic acids is 1. The highest BCUT2D eigenvalue weighted by atomic mass is 16.5. The van der Waals surface area contributed by atoms with Crippen molar-refractivity contribution in [2.75, 3.05) is 13.2 Å². The summed E-state index contributed by atoms with van der Waals surface area (Å²) in [7, 11) is 0. The van der Waals surface area contributed by atoms with E-state index in [1.807, 2.05) is 49.0 Å². The summed E-state index contributed by atoms with van der Waals surface area (Å²) in [6.45, 7) is 7.29. The summed E-state index contributed by atoms with van der Waals surface area (Å²) in [5, 5.41) is 4.54. The Labute approximate surface area is 203 Å². The van der Waals surface area contributed by atoms with E-state index >= 15 is 0 Å². The molecule has 0 atom stereocenters. The van der Waals surface area contributed by atoms with E-state index < -0.39 is 0 Å². The lowest BCUT2D eigenvalue weighted by Crippen LogP contribution is -2.05. The molecule has 0 radical (unpaired) electrons. The molecular weight excluding hydrogens is 450 g/mol. The monoisotopic (exact) mass is 479 g/mol. The summed E-state index contributed by atoms with van der Waals surface area (Å²) in [6, 6.07) is 11.4. The van der Waals surface area contributed by atoms with Crippen molar-refractivity contribution in [2.24, 2.45) is 0 Å².